The summed E-state index contributed by atoms with van der Waals surface area (Å²) in [4.78, 5) is 27.2. The number of rotatable bonds is 5. The van der Waals surface area contributed by atoms with Gasteiger partial charge in [-0.3, -0.25) is 9.59 Å². The van der Waals surface area contributed by atoms with Crippen molar-refractivity contribution in [3.05, 3.63) is 59.1 Å². The van der Waals surface area contributed by atoms with E-state index in [0.717, 1.165) is 37.3 Å². The van der Waals surface area contributed by atoms with Gasteiger partial charge < -0.3 is 15.5 Å². The van der Waals surface area contributed by atoms with Gasteiger partial charge in [0.25, 0.3) is 5.91 Å². The van der Waals surface area contributed by atoms with Crippen LogP contribution < -0.4 is 15.5 Å². The number of anilines is 2. The van der Waals surface area contributed by atoms with Gasteiger partial charge >= 0.3 is 0 Å². The third-order valence-corrected chi connectivity index (χ3v) is 5.54. The van der Waals surface area contributed by atoms with E-state index in [2.05, 4.69) is 15.5 Å². The average molecular weight is 428 g/mol. The van der Waals surface area contributed by atoms with Gasteiger partial charge in [0.15, 0.2) is 0 Å². The Morgan fingerprint density at radius 1 is 1.03 bits per heavy atom. The van der Waals surface area contributed by atoms with Gasteiger partial charge in [0.05, 0.1) is 22.0 Å². The summed E-state index contributed by atoms with van der Waals surface area (Å²) in [6.07, 6.45) is 2.46. The number of para-hydroxylation sites is 2. The summed E-state index contributed by atoms with van der Waals surface area (Å²) in [7, 11) is 0. The molecule has 1 aliphatic rings. The third kappa shape index (κ3) is 5.99. The molecule has 1 saturated heterocycles. The molecule has 2 aromatic rings. The molecule has 0 aromatic heterocycles. The molecule has 1 aliphatic heterocycles. The summed E-state index contributed by atoms with van der Waals surface area (Å²) in [5.41, 5.74) is 2.02. The Kier molecular flexibility index (Phi) is 7.03. The maximum atomic E-state index is 12.7. The molecule has 0 atom stereocenters. The first-order valence-electron chi connectivity index (χ1n) is 10.4. The van der Waals surface area contributed by atoms with Gasteiger partial charge in [0.1, 0.15) is 0 Å². The van der Waals surface area contributed by atoms with Crippen molar-refractivity contribution >= 4 is 34.8 Å². The minimum absolute atomic E-state index is 0.119. The van der Waals surface area contributed by atoms with Crippen molar-refractivity contribution in [2.75, 3.05) is 23.3 Å². The minimum atomic E-state index is -0.221. The maximum absolute atomic E-state index is 12.7. The fourth-order valence-corrected chi connectivity index (χ4v) is 4.02. The minimum Gasteiger partial charge on any atom is -0.370 e. The van der Waals surface area contributed by atoms with Crippen molar-refractivity contribution in [3.63, 3.8) is 0 Å². The number of amides is 2. The standard InChI is InChI=1S/C24H30ClN3O2/c1-24(2,3)27-22(29)16-17-12-14-28(15-13-17)21-11-7-6-10-20(21)26-23(30)18-8-4-5-9-19(18)25/h4-11,17H,12-16H2,1-3H3,(H,26,30)(H,27,29). The smallest absolute Gasteiger partial charge is 0.257 e. The second kappa shape index (κ2) is 9.52. The Balaban J connectivity index is 1.62. The number of hydrogen-bond acceptors (Lipinski definition) is 3. The lowest BCUT2D eigenvalue weighted by Crippen LogP contribution is -2.42. The zero-order valence-corrected chi connectivity index (χ0v) is 18.6. The van der Waals surface area contributed by atoms with Crippen molar-refractivity contribution in [2.45, 2.75) is 45.6 Å². The first kappa shape index (κ1) is 22.2. The highest BCUT2D eigenvalue weighted by Crippen LogP contribution is 2.31. The van der Waals surface area contributed by atoms with Crippen LogP contribution >= 0.6 is 11.6 Å². The Hall–Kier alpha value is -2.53. The summed E-state index contributed by atoms with van der Waals surface area (Å²) in [5.74, 6) is 0.281. The molecule has 1 fully saturated rings. The van der Waals surface area contributed by atoms with Crippen LogP contribution in [0.5, 0.6) is 0 Å². The Bertz CT molecular complexity index is 899. The molecule has 5 nitrogen and oxygen atoms in total. The molecule has 160 valence electrons. The molecule has 6 heteroatoms. The summed E-state index contributed by atoms with van der Waals surface area (Å²) >= 11 is 6.17. The van der Waals surface area contributed by atoms with Crippen LogP contribution in [-0.2, 0) is 4.79 Å². The van der Waals surface area contributed by atoms with Gasteiger partial charge in [-0.05, 0) is 63.8 Å². The number of nitrogens with zero attached hydrogens (tertiary/aromatic N) is 1. The number of benzene rings is 2. The molecular formula is C24H30ClN3O2. The van der Waals surface area contributed by atoms with Crippen molar-refractivity contribution in [2.24, 2.45) is 5.92 Å². The topological polar surface area (TPSA) is 61.4 Å². The molecule has 0 spiro atoms. The van der Waals surface area contributed by atoms with Gasteiger partial charge in [0.2, 0.25) is 5.91 Å². The number of piperidine rings is 1. The highest BCUT2D eigenvalue weighted by atomic mass is 35.5. The largest absolute Gasteiger partial charge is 0.370 e. The molecule has 1 heterocycles. The summed E-state index contributed by atoms with van der Waals surface area (Å²) in [6.45, 7) is 7.71. The van der Waals surface area contributed by atoms with Crippen LogP contribution in [0.4, 0.5) is 11.4 Å². The fourth-order valence-electron chi connectivity index (χ4n) is 3.80. The first-order chi connectivity index (χ1) is 14.2. The van der Waals surface area contributed by atoms with E-state index in [1.165, 1.54) is 0 Å². The molecule has 2 amide bonds. The van der Waals surface area contributed by atoms with E-state index in [-0.39, 0.29) is 17.4 Å². The van der Waals surface area contributed by atoms with Gasteiger partial charge in [0, 0.05) is 25.0 Å². The van der Waals surface area contributed by atoms with Crippen LogP contribution in [0.25, 0.3) is 0 Å². The molecular weight excluding hydrogens is 398 g/mol. The number of carbonyl (C=O) groups is 2. The molecule has 3 rings (SSSR count). The Morgan fingerprint density at radius 2 is 1.67 bits per heavy atom. The molecule has 2 N–H and O–H groups in total. The van der Waals surface area contributed by atoms with Gasteiger partial charge in [-0.1, -0.05) is 35.9 Å². The predicted molar refractivity (Wildman–Crippen MR) is 123 cm³/mol. The van der Waals surface area contributed by atoms with Gasteiger partial charge in [-0.2, -0.15) is 0 Å². The van der Waals surface area contributed by atoms with Crippen molar-refractivity contribution < 1.29 is 9.59 Å². The second-order valence-corrected chi connectivity index (χ2v) is 9.29. The second-order valence-electron chi connectivity index (χ2n) is 8.88. The number of halogens is 1. The van der Waals surface area contributed by atoms with E-state index in [9.17, 15) is 9.59 Å². The molecule has 0 saturated carbocycles. The zero-order chi connectivity index (χ0) is 21.7. The Morgan fingerprint density at radius 3 is 2.33 bits per heavy atom. The van der Waals surface area contributed by atoms with E-state index in [1.807, 2.05) is 45.0 Å². The van der Waals surface area contributed by atoms with Gasteiger partial charge in [-0.25, -0.2) is 0 Å². The van der Waals surface area contributed by atoms with Crippen LogP contribution in [0.1, 0.15) is 50.4 Å². The maximum Gasteiger partial charge on any atom is 0.257 e. The van der Waals surface area contributed by atoms with Crippen LogP contribution in [0, 0.1) is 5.92 Å². The lowest BCUT2D eigenvalue weighted by atomic mass is 9.92. The molecule has 0 aliphatic carbocycles. The van der Waals surface area contributed by atoms with Crippen LogP contribution in [0.2, 0.25) is 5.02 Å². The van der Waals surface area contributed by atoms with E-state index in [0.29, 0.717) is 22.9 Å². The van der Waals surface area contributed by atoms with Gasteiger partial charge in [-0.15, -0.1) is 0 Å². The van der Waals surface area contributed by atoms with E-state index < -0.39 is 0 Å². The van der Waals surface area contributed by atoms with Crippen molar-refractivity contribution in [1.29, 1.82) is 0 Å². The quantitative estimate of drug-likeness (QED) is 0.696. The average Bonchev–Trinajstić information content (AvgIpc) is 2.68. The monoisotopic (exact) mass is 427 g/mol. The van der Waals surface area contributed by atoms with Crippen LogP contribution in [0.3, 0.4) is 0 Å². The summed E-state index contributed by atoms with van der Waals surface area (Å²) in [6, 6.07) is 14.9. The predicted octanol–water partition coefficient (Wildman–Crippen LogP) is 5.11. The molecule has 0 radical (unpaired) electrons. The van der Waals surface area contributed by atoms with E-state index >= 15 is 0 Å². The third-order valence-electron chi connectivity index (χ3n) is 5.21. The number of carbonyl (C=O) groups excluding carboxylic acids is 2. The van der Waals surface area contributed by atoms with E-state index in [1.54, 1.807) is 24.3 Å². The Labute approximate surface area is 183 Å². The molecule has 0 bridgehead atoms. The van der Waals surface area contributed by atoms with E-state index in [4.69, 9.17) is 11.6 Å². The van der Waals surface area contributed by atoms with Crippen molar-refractivity contribution in [1.82, 2.24) is 5.32 Å². The van der Waals surface area contributed by atoms with Crippen LogP contribution in [0.15, 0.2) is 48.5 Å². The fraction of sp³-hybridized carbons (Fsp3) is 0.417. The lowest BCUT2D eigenvalue weighted by molar-refractivity contribution is -0.123. The van der Waals surface area contributed by atoms with Crippen molar-refractivity contribution in [3.8, 4) is 0 Å². The molecule has 0 unspecified atom stereocenters. The normalized spacial score (nSPS) is 15.0. The van der Waals surface area contributed by atoms with Crippen LogP contribution in [-0.4, -0.2) is 30.4 Å². The lowest BCUT2D eigenvalue weighted by Gasteiger charge is -2.35. The molecule has 2 aromatic carbocycles. The summed E-state index contributed by atoms with van der Waals surface area (Å²) < 4.78 is 0. The first-order valence-corrected chi connectivity index (χ1v) is 10.8. The SMILES string of the molecule is CC(C)(C)NC(=O)CC1CCN(c2ccccc2NC(=O)c2ccccc2Cl)CC1. The number of hydrogen-bond donors (Lipinski definition) is 2. The highest BCUT2D eigenvalue weighted by Gasteiger charge is 2.25. The summed E-state index contributed by atoms with van der Waals surface area (Å²) in [5, 5.41) is 6.49. The highest BCUT2D eigenvalue weighted by molar-refractivity contribution is 6.34. The zero-order valence-electron chi connectivity index (χ0n) is 17.9. The molecule has 30 heavy (non-hydrogen) atoms. The number of nitrogens with one attached hydrogen (secondary N) is 2.